The number of ether oxygens (including phenoxy) is 1. The van der Waals surface area contributed by atoms with Crippen molar-refractivity contribution < 1.29 is 9.53 Å². The molecular formula is C19H26N6O3. The molecule has 0 radical (unpaired) electrons. The lowest BCUT2D eigenvalue weighted by Gasteiger charge is -2.43. The van der Waals surface area contributed by atoms with E-state index in [-0.39, 0.29) is 29.3 Å². The molecule has 2 aromatic heterocycles. The number of nitrogens with zero attached hydrogens (tertiary/aromatic N) is 5. The van der Waals surface area contributed by atoms with Crippen LogP contribution in [0.2, 0.25) is 0 Å². The number of aromatic nitrogens is 4. The SMILES string of the molecule is Cn1cc([C@H]2[C@H](CN3CCCCC3)OCCN2C(=O)c2cncc(=O)[nH]2)cn1. The van der Waals surface area contributed by atoms with Gasteiger partial charge in [0.1, 0.15) is 5.69 Å². The molecule has 2 aliphatic heterocycles. The summed E-state index contributed by atoms with van der Waals surface area (Å²) in [6.45, 7) is 3.80. The molecule has 150 valence electrons. The quantitative estimate of drug-likeness (QED) is 0.825. The van der Waals surface area contributed by atoms with E-state index in [2.05, 4.69) is 20.0 Å². The molecule has 2 fully saturated rings. The van der Waals surface area contributed by atoms with E-state index in [4.69, 9.17) is 4.74 Å². The minimum Gasteiger partial charge on any atom is -0.373 e. The maximum absolute atomic E-state index is 13.2. The van der Waals surface area contributed by atoms with Crippen LogP contribution in [0.4, 0.5) is 0 Å². The van der Waals surface area contributed by atoms with Crippen LogP contribution in [0.15, 0.2) is 29.6 Å². The highest BCUT2D eigenvalue weighted by Crippen LogP contribution is 2.31. The van der Waals surface area contributed by atoms with Gasteiger partial charge >= 0.3 is 0 Å². The standard InChI is InChI=1S/C19H26N6O3/c1-23-12-14(9-21-23)18-16(13-24-5-3-2-4-6-24)28-8-7-25(18)19(27)15-10-20-11-17(26)22-15/h9-12,16,18H,2-8,13H2,1H3,(H,22,26)/t16-,18-/m0/s1. The second-order valence-electron chi connectivity index (χ2n) is 7.47. The number of nitrogens with one attached hydrogen (secondary N) is 1. The fourth-order valence-corrected chi connectivity index (χ4v) is 4.14. The number of amides is 1. The van der Waals surface area contributed by atoms with Gasteiger partial charge in [0.2, 0.25) is 0 Å². The van der Waals surface area contributed by atoms with Gasteiger partial charge in [-0.1, -0.05) is 6.42 Å². The summed E-state index contributed by atoms with van der Waals surface area (Å²) in [6, 6.07) is -0.263. The van der Waals surface area contributed by atoms with Gasteiger partial charge in [0, 0.05) is 31.9 Å². The summed E-state index contributed by atoms with van der Waals surface area (Å²) in [5.74, 6) is -0.244. The largest absolute Gasteiger partial charge is 0.373 e. The number of piperidine rings is 1. The summed E-state index contributed by atoms with van der Waals surface area (Å²) >= 11 is 0. The smallest absolute Gasteiger partial charge is 0.272 e. The van der Waals surface area contributed by atoms with E-state index in [0.717, 1.165) is 31.4 Å². The lowest BCUT2D eigenvalue weighted by atomic mass is 9.99. The normalized spacial score (nSPS) is 23.7. The van der Waals surface area contributed by atoms with Crippen LogP contribution in [0.5, 0.6) is 0 Å². The first kappa shape index (κ1) is 18.8. The second-order valence-corrected chi connectivity index (χ2v) is 7.47. The number of likely N-dealkylation sites (tertiary alicyclic amines) is 1. The van der Waals surface area contributed by atoms with E-state index in [1.165, 1.54) is 25.5 Å². The van der Waals surface area contributed by atoms with Crippen molar-refractivity contribution in [1.82, 2.24) is 29.5 Å². The average molecular weight is 386 g/mol. The first-order chi connectivity index (χ1) is 13.6. The molecule has 1 amide bonds. The van der Waals surface area contributed by atoms with E-state index in [1.54, 1.807) is 15.8 Å². The van der Waals surface area contributed by atoms with E-state index >= 15 is 0 Å². The Balaban J connectivity index is 1.63. The Bertz CT molecular complexity index is 872. The van der Waals surface area contributed by atoms with Crippen molar-refractivity contribution in [2.75, 3.05) is 32.8 Å². The number of aromatic amines is 1. The van der Waals surface area contributed by atoms with Crippen molar-refractivity contribution in [2.45, 2.75) is 31.4 Å². The van der Waals surface area contributed by atoms with Crippen molar-refractivity contribution in [1.29, 1.82) is 0 Å². The lowest BCUT2D eigenvalue weighted by Crippen LogP contribution is -2.52. The number of morpholine rings is 1. The van der Waals surface area contributed by atoms with Crippen LogP contribution >= 0.6 is 0 Å². The van der Waals surface area contributed by atoms with Crippen LogP contribution in [-0.4, -0.2) is 74.3 Å². The van der Waals surface area contributed by atoms with Gasteiger partial charge in [-0.05, 0) is 25.9 Å². The highest BCUT2D eigenvalue weighted by atomic mass is 16.5. The van der Waals surface area contributed by atoms with Gasteiger partial charge in [0.15, 0.2) is 0 Å². The van der Waals surface area contributed by atoms with Crippen LogP contribution in [0, 0.1) is 0 Å². The fourth-order valence-electron chi connectivity index (χ4n) is 4.14. The Labute approximate surface area is 163 Å². The van der Waals surface area contributed by atoms with E-state index in [9.17, 15) is 9.59 Å². The number of rotatable bonds is 4. The van der Waals surface area contributed by atoms with Crippen LogP contribution in [0.1, 0.15) is 41.4 Å². The predicted molar refractivity (Wildman–Crippen MR) is 102 cm³/mol. The first-order valence-corrected chi connectivity index (χ1v) is 9.79. The van der Waals surface area contributed by atoms with E-state index in [1.807, 2.05) is 13.2 Å². The summed E-state index contributed by atoms with van der Waals surface area (Å²) in [5.41, 5.74) is 0.741. The molecule has 4 rings (SSSR count). The molecule has 2 saturated heterocycles. The second kappa shape index (κ2) is 8.24. The molecule has 0 aromatic carbocycles. The van der Waals surface area contributed by atoms with Gasteiger partial charge in [-0.25, -0.2) is 0 Å². The Morgan fingerprint density at radius 3 is 2.75 bits per heavy atom. The zero-order valence-corrected chi connectivity index (χ0v) is 16.1. The lowest BCUT2D eigenvalue weighted by molar-refractivity contribution is -0.0743. The zero-order chi connectivity index (χ0) is 19.5. The van der Waals surface area contributed by atoms with Crippen molar-refractivity contribution in [3.05, 3.63) is 46.4 Å². The van der Waals surface area contributed by atoms with Gasteiger partial charge in [-0.2, -0.15) is 5.10 Å². The summed E-state index contributed by atoms with van der Waals surface area (Å²) in [6.07, 6.45) is 9.79. The minimum atomic E-state index is -0.387. The Morgan fingerprint density at radius 2 is 2.04 bits per heavy atom. The Morgan fingerprint density at radius 1 is 1.21 bits per heavy atom. The van der Waals surface area contributed by atoms with Crippen LogP contribution in [-0.2, 0) is 11.8 Å². The minimum absolute atomic E-state index is 0.150. The molecule has 4 heterocycles. The van der Waals surface area contributed by atoms with Gasteiger partial charge in [0.05, 0.1) is 37.3 Å². The molecule has 0 aliphatic carbocycles. The van der Waals surface area contributed by atoms with E-state index in [0.29, 0.717) is 13.2 Å². The van der Waals surface area contributed by atoms with Crippen LogP contribution in [0.25, 0.3) is 0 Å². The third kappa shape index (κ3) is 4.00. The van der Waals surface area contributed by atoms with Crippen molar-refractivity contribution in [3.8, 4) is 0 Å². The zero-order valence-electron chi connectivity index (χ0n) is 16.1. The molecule has 28 heavy (non-hydrogen) atoms. The number of hydrogen-bond donors (Lipinski definition) is 1. The number of aryl methyl sites for hydroxylation is 1. The Kier molecular flexibility index (Phi) is 5.54. The van der Waals surface area contributed by atoms with Gasteiger partial charge in [-0.3, -0.25) is 19.3 Å². The molecule has 1 N–H and O–H groups in total. The highest BCUT2D eigenvalue weighted by Gasteiger charge is 2.38. The molecular weight excluding hydrogens is 360 g/mol. The van der Waals surface area contributed by atoms with Crippen molar-refractivity contribution >= 4 is 5.91 Å². The third-order valence-corrected chi connectivity index (χ3v) is 5.45. The average Bonchev–Trinajstić information content (AvgIpc) is 3.14. The topological polar surface area (TPSA) is 96.4 Å². The first-order valence-electron chi connectivity index (χ1n) is 9.79. The number of carbonyl (C=O) groups is 1. The summed E-state index contributed by atoms with van der Waals surface area (Å²) in [4.78, 5) is 35.5. The van der Waals surface area contributed by atoms with Crippen molar-refractivity contribution in [2.24, 2.45) is 7.05 Å². The molecule has 2 aromatic rings. The van der Waals surface area contributed by atoms with Crippen molar-refractivity contribution in [3.63, 3.8) is 0 Å². The molecule has 9 nitrogen and oxygen atoms in total. The third-order valence-electron chi connectivity index (χ3n) is 5.45. The number of carbonyl (C=O) groups excluding carboxylic acids is 1. The van der Waals surface area contributed by atoms with Crippen LogP contribution < -0.4 is 5.56 Å². The number of H-pyrrole nitrogens is 1. The monoisotopic (exact) mass is 386 g/mol. The van der Waals surface area contributed by atoms with Gasteiger partial charge < -0.3 is 19.5 Å². The molecule has 0 spiro atoms. The summed E-state index contributed by atoms with van der Waals surface area (Å²) < 4.78 is 7.87. The van der Waals surface area contributed by atoms with E-state index < -0.39 is 0 Å². The summed E-state index contributed by atoms with van der Waals surface area (Å²) in [7, 11) is 1.86. The highest BCUT2D eigenvalue weighted by molar-refractivity contribution is 5.92. The molecule has 0 bridgehead atoms. The maximum Gasteiger partial charge on any atom is 0.272 e. The number of hydrogen-bond acceptors (Lipinski definition) is 6. The molecule has 0 saturated carbocycles. The summed E-state index contributed by atoms with van der Waals surface area (Å²) in [5, 5.41) is 4.29. The predicted octanol–water partition coefficient (Wildman–Crippen LogP) is 0.572. The molecule has 2 aliphatic rings. The molecule has 0 unspecified atom stereocenters. The molecule has 9 heteroatoms. The van der Waals surface area contributed by atoms with Gasteiger partial charge in [-0.15, -0.1) is 0 Å². The van der Waals surface area contributed by atoms with Gasteiger partial charge in [0.25, 0.3) is 11.5 Å². The fraction of sp³-hybridized carbons (Fsp3) is 0.579. The molecule has 2 atom stereocenters. The Hall–Kier alpha value is -2.52. The maximum atomic E-state index is 13.2. The van der Waals surface area contributed by atoms with Crippen LogP contribution in [0.3, 0.4) is 0 Å².